The van der Waals surface area contributed by atoms with Crippen LogP contribution in [0.5, 0.6) is 0 Å². The number of ketones is 1. The lowest BCUT2D eigenvalue weighted by molar-refractivity contribution is -0.134. The number of carbonyl (C=O) groups excluding carboxylic acids is 3. The summed E-state index contributed by atoms with van der Waals surface area (Å²) in [6, 6.07) is 0. The lowest BCUT2D eigenvalue weighted by atomic mass is 10.2. The van der Waals surface area contributed by atoms with Crippen LogP contribution in [0, 0.1) is 0 Å². The zero-order valence-corrected chi connectivity index (χ0v) is 8.21. The summed E-state index contributed by atoms with van der Waals surface area (Å²) < 4.78 is 0. The van der Waals surface area contributed by atoms with Crippen LogP contribution in [0.15, 0.2) is 0 Å². The van der Waals surface area contributed by atoms with Gasteiger partial charge in [-0.05, 0) is 6.92 Å². The van der Waals surface area contributed by atoms with Crippen molar-refractivity contribution in [2.24, 2.45) is 0 Å². The van der Waals surface area contributed by atoms with Gasteiger partial charge in [-0.15, -0.1) is 0 Å². The van der Waals surface area contributed by atoms with E-state index in [2.05, 4.69) is 5.32 Å². The Hall–Kier alpha value is -1.39. The monoisotopic (exact) mass is 198 g/mol. The highest BCUT2D eigenvalue weighted by Gasteiger charge is 2.18. The molecule has 0 aliphatic carbocycles. The topological polar surface area (TPSA) is 66.5 Å². The van der Waals surface area contributed by atoms with E-state index in [4.69, 9.17) is 0 Å². The molecule has 0 aromatic heterocycles. The maximum Gasteiger partial charge on any atom is 0.230 e. The van der Waals surface area contributed by atoms with Crippen LogP contribution in [0.3, 0.4) is 0 Å². The SMILES string of the molecule is CC(=O)CC(=O)N1CCNC(=O)CC1. The van der Waals surface area contributed by atoms with Gasteiger partial charge >= 0.3 is 0 Å². The molecule has 0 unspecified atom stereocenters. The summed E-state index contributed by atoms with van der Waals surface area (Å²) in [7, 11) is 0. The summed E-state index contributed by atoms with van der Waals surface area (Å²) in [6.45, 7) is 2.78. The fourth-order valence-corrected chi connectivity index (χ4v) is 1.34. The molecule has 5 nitrogen and oxygen atoms in total. The van der Waals surface area contributed by atoms with Crippen LogP contribution >= 0.6 is 0 Å². The van der Waals surface area contributed by atoms with Crippen molar-refractivity contribution in [2.45, 2.75) is 19.8 Å². The zero-order valence-electron chi connectivity index (χ0n) is 8.21. The van der Waals surface area contributed by atoms with Crippen LogP contribution in [-0.4, -0.2) is 42.1 Å². The highest BCUT2D eigenvalue weighted by molar-refractivity contribution is 5.97. The molecular formula is C9H14N2O3. The van der Waals surface area contributed by atoms with Gasteiger partial charge in [-0.2, -0.15) is 0 Å². The van der Waals surface area contributed by atoms with E-state index in [0.29, 0.717) is 26.1 Å². The van der Waals surface area contributed by atoms with Gasteiger partial charge in [-0.25, -0.2) is 0 Å². The number of carbonyl (C=O) groups is 3. The Bertz CT molecular complexity index is 263. The minimum Gasteiger partial charge on any atom is -0.354 e. The molecule has 1 aliphatic heterocycles. The van der Waals surface area contributed by atoms with E-state index in [-0.39, 0.29) is 24.0 Å². The summed E-state index contributed by atoms with van der Waals surface area (Å²) in [5, 5.41) is 2.66. The van der Waals surface area contributed by atoms with Gasteiger partial charge in [0, 0.05) is 26.1 Å². The molecule has 2 amide bonds. The quantitative estimate of drug-likeness (QED) is 0.597. The molecule has 78 valence electrons. The van der Waals surface area contributed by atoms with Crippen molar-refractivity contribution in [1.82, 2.24) is 10.2 Å². The predicted molar refractivity (Wildman–Crippen MR) is 49.5 cm³/mol. The Labute approximate surface area is 82.4 Å². The molecule has 1 rings (SSSR count). The van der Waals surface area contributed by atoms with Gasteiger partial charge in [-0.3, -0.25) is 14.4 Å². The van der Waals surface area contributed by atoms with Gasteiger partial charge in [0.25, 0.3) is 0 Å². The second-order valence-electron chi connectivity index (χ2n) is 3.36. The van der Waals surface area contributed by atoms with E-state index >= 15 is 0 Å². The number of nitrogens with zero attached hydrogens (tertiary/aromatic N) is 1. The van der Waals surface area contributed by atoms with E-state index in [1.807, 2.05) is 0 Å². The Morgan fingerprint density at radius 3 is 2.79 bits per heavy atom. The molecule has 5 heteroatoms. The van der Waals surface area contributed by atoms with Gasteiger partial charge in [-0.1, -0.05) is 0 Å². The van der Waals surface area contributed by atoms with Gasteiger partial charge in [0.1, 0.15) is 5.78 Å². The second kappa shape index (κ2) is 4.74. The van der Waals surface area contributed by atoms with Gasteiger partial charge < -0.3 is 10.2 Å². The summed E-state index contributed by atoms with van der Waals surface area (Å²) in [4.78, 5) is 34.7. The average Bonchev–Trinajstić information content (AvgIpc) is 2.28. The third kappa shape index (κ3) is 3.16. The van der Waals surface area contributed by atoms with Crippen molar-refractivity contribution in [2.75, 3.05) is 19.6 Å². The molecule has 1 heterocycles. The summed E-state index contributed by atoms with van der Waals surface area (Å²) in [5.74, 6) is -0.365. The van der Waals surface area contributed by atoms with Gasteiger partial charge in [0.15, 0.2) is 0 Å². The molecule has 0 aromatic rings. The molecule has 14 heavy (non-hydrogen) atoms. The molecule has 0 atom stereocenters. The third-order valence-corrected chi connectivity index (χ3v) is 2.07. The maximum absolute atomic E-state index is 11.4. The summed E-state index contributed by atoms with van der Waals surface area (Å²) in [5.41, 5.74) is 0. The van der Waals surface area contributed by atoms with Crippen molar-refractivity contribution in [3.63, 3.8) is 0 Å². The molecule has 0 spiro atoms. The number of nitrogens with one attached hydrogen (secondary N) is 1. The molecule has 1 fully saturated rings. The first-order valence-corrected chi connectivity index (χ1v) is 4.63. The number of hydrogen-bond acceptors (Lipinski definition) is 3. The zero-order chi connectivity index (χ0) is 10.6. The van der Waals surface area contributed by atoms with Crippen molar-refractivity contribution >= 4 is 17.6 Å². The fourth-order valence-electron chi connectivity index (χ4n) is 1.34. The summed E-state index contributed by atoms with van der Waals surface area (Å²) in [6.07, 6.45) is 0.262. The smallest absolute Gasteiger partial charge is 0.230 e. The van der Waals surface area contributed by atoms with Gasteiger partial charge in [0.2, 0.25) is 11.8 Å². The molecule has 1 aliphatic rings. The first-order chi connectivity index (χ1) is 6.59. The van der Waals surface area contributed by atoms with Crippen molar-refractivity contribution < 1.29 is 14.4 Å². The molecular weight excluding hydrogens is 184 g/mol. The Morgan fingerprint density at radius 2 is 2.14 bits per heavy atom. The minimum absolute atomic E-state index is 0.0388. The maximum atomic E-state index is 11.4. The van der Waals surface area contributed by atoms with Crippen LogP contribution in [0.25, 0.3) is 0 Å². The molecule has 1 N–H and O–H groups in total. The predicted octanol–water partition coefficient (Wildman–Crippen LogP) is -0.686. The molecule has 0 aromatic carbocycles. The molecule has 0 radical (unpaired) electrons. The first-order valence-electron chi connectivity index (χ1n) is 4.63. The fraction of sp³-hybridized carbons (Fsp3) is 0.667. The van der Waals surface area contributed by atoms with Crippen molar-refractivity contribution in [3.05, 3.63) is 0 Å². The normalized spacial score (nSPS) is 17.2. The van der Waals surface area contributed by atoms with E-state index in [1.54, 1.807) is 4.90 Å². The Kier molecular flexibility index (Phi) is 3.62. The third-order valence-electron chi connectivity index (χ3n) is 2.07. The summed E-state index contributed by atoms with van der Waals surface area (Å²) >= 11 is 0. The van der Waals surface area contributed by atoms with Gasteiger partial charge in [0.05, 0.1) is 6.42 Å². The van der Waals surface area contributed by atoms with E-state index in [0.717, 1.165) is 0 Å². The lowest BCUT2D eigenvalue weighted by Gasteiger charge is -2.18. The second-order valence-corrected chi connectivity index (χ2v) is 3.36. The van der Waals surface area contributed by atoms with Crippen LogP contribution < -0.4 is 5.32 Å². The average molecular weight is 198 g/mol. The lowest BCUT2D eigenvalue weighted by Crippen LogP contribution is -2.35. The van der Waals surface area contributed by atoms with Crippen LogP contribution in [-0.2, 0) is 14.4 Å². The minimum atomic E-state index is -0.186. The number of amides is 2. The van der Waals surface area contributed by atoms with Crippen LogP contribution in [0.1, 0.15) is 19.8 Å². The highest BCUT2D eigenvalue weighted by Crippen LogP contribution is 2.00. The van der Waals surface area contributed by atoms with E-state index < -0.39 is 0 Å². The highest BCUT2D eigenvalue weighted by atomic mass is 16.2. The van der Waals surface area contributed by atoms with Crippen LogP contribution in [0.2, 0.25) is 0 Å². The largest absolute Gasteiger partial charge is 0.354 e. The molecule has 1 saturated heterocycles. The van der Waals surface area contributed by atoms with Crippen LogP contribution in [0.4, 0.5) is 0 Å². The Morgan fingerprint density at radius 1 is 1.43 bits per heavy atom. The van der Waals surface area contributed by atoms with Crippen molar-refractivity contribution in [1.29, 1.82) is 0 Å². The van der Waals surface area contributed by atoms with E-state index in [9.17, 15) is 14.4 Å². The standard InChI is InChI=1S/C9H14N2O3/c1-7(12)6-9(14)11-4-2-8(13)10-3-5-11/h2-6H2,1H3,(H,10,13). The molecule has 0 bridgehead atoms. The number of hydrogen-bond donors (Lipinski definition) is 1. The number of Topliss-reactive ketones (excluding diaryl/α,β-unsaturated/α-hetero) is 1. The van der Waals surface area contributed by atoms with Crippen molar-refractivity contribution in [3.8, 4) is 0 Å². The number of rotatable bonds is 2. The Balaban J connectivity index is 2.47. The molecule has 0 saturated carbocycles. The first kappa shape index (κ1) is 10.7. The van der Waals surface area contributed by atoms with E-state index in [1.165, 1.54) is 6.92 Å².